The summed E-state index contributed by atoms with van der Waals surface area (Å²) >= 11 is 11.5. The molecule has 0 aliphatic carbocycles. The largest absolute Gasteiger partial charge is 0.492 e. The van der Waals surface area contributed by atoms with Gasteiger partial charge in [0, 0.05) is 12.7 Å². The van der Waals surface area contributed by atoms with E-state index in [1.165, 1.54) is 24.3 Å². The van der Waals surface area contributed by atoms with Gasteiger partial charge in [-0.15, -0.1) is 0 Å². The van der Waals surface area contributed by atoms with Crippen LogP contribution >= 0.6 is 23.2 Å². The van der Waals surface area contributed by atoms with Crippen molar-refractivity contribution in [3.05, 3.63) is 52.0 Å². The SMILES string of the molecule is CCOc1ccc(S(=O)(=O)N(C)CC(=O)Nc2ccc(Cl)c(C(F)(F)F)c2)cc1Cl. The maximum Gasteiger partial charge on any atom is 0.417 e. The first kappa shape index (κ1) is 24.3. The molecular formula is C18H17Cl2F3N2O4S. The van der Waals surface area contributed by atoms with Gasteiger partial charge in [-0.3, -0.25) is 4.79 Å². The highest BCUT2D eigenvalue weighted by molar-refractivity contribution is 7.89. The van der Waals surface area contributed by atoms with Gasteiger partial charge in [0.1, 0.15) is 5.75 Å². The van der Waals surface area contributed by atoms with E-state index >= 15 is 0 Å². The highest BCUT2D eigenvalue weighted by atomic mass is 35.5. The summed E-state index contributed by atoms with van der Waals surface area (Å²) in [5.41, 5.74) is -1.29. The van der Waals surface area contributed by atoms with Gasteiger partial charge in [-0.25, -0.2) is 8.42 Å². The first-order chi connectivity index (χ1) is 13.9. The second kappa shape index (κ2) is 9.42. The highest BCUT2D eigenvalue weighted by Crippen LogP contribution is 2.36. The van der Waals surface area contributed by atoms with Crippen molar-refractivity contribution in [3.63, 3.8) is 0 Å². The van der Waals surface area contributed by atoms with Gasteiger partial charge in [0.25, 0.3) is 0 Å². The molecule has 0 heterocycles. The molecule has 0 spiro atoms. The van der Waals surface area contributed by atoms with Gasteiger partial charge in [-0.2, -0.15) is 17.5 Å². The van der Waals surface area contributed by atoms with Crippen molar-refractivity contribution in [1.82, 2.24) is 4.31 Å². The molecular weight excluding hydrogens is 468 g/mol. The fourth-order valence-electron chi connectivity index (χ4n) is 2.40. The van der Waals surface area contributed by atoms with Crippen LogP contribution in [0.4, 0.5) is 18.9 Å². The molecule has 2 aromatic carbocycles. The lowest BCUT2D eigenvalue weighted by atomic mass is 10.2. The number of rotatable bonds is 7. The molecule has 1 N–H and O–H groups in total. The summed E-state index contributed by atoms with van der Waals surface area (Å²) in [6.07, 6.45) is -4.70. The van der Waals surface area contributed by atoms with Gasteiger partial charge in [0.2, 0.25) is 15.9 Å². The number of amides is 1. The smallest absolute Gasteiger partial charge is 0.417 e. The Kier molecular flexibility index (Phi) is 7.62. The minimum absolute atomic E-state index is 0.0802. The summed E-state index contributed by atoms with van der Waals surface area (Å²) in [6.45, 7) is 1.44. The number of halogens is 5. The van der Waals surface area contributed by atoms with Gasteiger partial charge in [0.05, 0.1) is 33.7 Å². The zero-order valence-electron chi connectivity index (χ0n) is 15.8. The van der Waals surface area contributed by atoms with Crippen molar-refractivity contribution in [2.75, 3.05) is 25.5 Å². The molecule has 30 heavy (non-hydrogen) atoms. The topological polar surface area (TPSA) is 75.7 Å². The molecule has 164 valence electrons. The van der Waals surface area contributed by atoms with E-state index in [9.17, 15) is 26.4 Å². The monoisotopic (exact) mass is 484 g/mol. The highest BCUT2D eigenvalue weighted by Gasteiger charge is 2.33. The number of alkyl halides is 3. The van der Waals surface area contributed by atoms with Crippen LogP contribution in [-0.4, -0.2) is 38.8 Å². The Hall–Kier alpha value is -2.01. The first-order valence-electron chi connectivity index (χ1n) is 8.41. The third-order valence-corrected chi connectivity index (χ3v) is 6.26. The molecule has 0 aliphatic rings. The van der Waals surface area contributed by atoms with Crippen molar-refractivity contribution in [3.8, 4) is 5.75 Å². The van der Waals surface area contributed by atoms with Crippen molar-refractivity contribution in [2.24, 2.45) is 0 Å². The van der Waals surface area contributed by atoms with E-state index in [0.29, 0.717) is 18.4 Å². The van der Waals surface area contributed by atoms with Crippen molar-refractivity contribution in [1.29, 1.82) is 0 Å². The molecule has 1 amide bonds. The van der Waals surface area contributed by atoms with Gasteiger partial charge < -0.3 is 10.1 Å². The third kappa shape index (κ3) is 5.78. The van der Waals surface area contributed by atoms with Gasteiger partial charge in [-0.05, 0) is 43.3 Å². The number of carbonyl (C=O) groups excluding carboxylic acids is 1. The van der Waals surface area contributed by atoms with E-state index in [4.69, 9.17) is 27.9 Å². The van der Waals surface area contributed by atoms with Crippen LogP contribution in [0.5, 0.6) is 5.75 Å². The maximum absolute atomic E-state index is 12.9. The van der Waals surface area contributed by atoms with Gasteiger partial charge in [-0.1, -0.05) is 23.2 Å². The zero-order chi connectivity index (χ0) is 22.7. The average molecular weight is 485 g/mol. The molecule has 0 saturated heterocycles. The summed E-state index contributed by atoms with van der Waals surface area (Å²) in [6, 6.07) is 6.68. The molecule has 0 radical (unpaired) electrons. The summed E-state index contributed by atoms with van der Waals surface area (Å²) in [5, 5.41) is 1.78. The van der Waals surface area contributed by atoms with Crippen LogP contribution in [0.1, 0.15) is 12.5 Å². The van der Waals surface area contributed by atoms with Crippen LogP contribution in [0.25, 0.3) is 0 Å². The number of nitrogens with one attached hydrogen (secondary N) is 1. The molecule has 0 saturated carbocycles. The Labute approximate surface area is 181 Å². The van der Waals surface area contributed by atoms with Gasteiger partial charge >= 0.3 is 6.18 Å². The lowest BCUT2D eigenvalue weighted by Crippen LogP contribution is -2.35. The maximum atomic E-state index is 12.9. The van der Waals surface area contributed by atoms with E-state index in [1.54, 1.807) is 6.92 Å². The molecule has 0 atom stereocenters. The number of carbonyl (C=O) groups is 1. The van der Waals surface area contributed by atoms with Crippen LogP contribution in [0.15, 0.2) is 41.3 Å². The lowest BCUT2D eigenvalue weighted by Gasteiger charge is -2.18. The summed E-state index contributed by atoms with van der Waals surface area (Å²) in [4.78, 5) is 12.0. The number of hydrogen-bond acceptors (Lipinski definition) is 4. The third-order valence-electron chi connectivity index (χ3n) is 3.83. The number of anilines is 1. The van der Waals surface area contributed by atoms with Crippen LogP contribution < -0.4 is 10.1 Å². The van der Waals surface area contributed by atoms with E-state index in [0.717, 1.165) is 17.4 Å². The average Bonchev–Trinajstić information content (AvgIpc) is 2.64. The Morgan fingerprint density at radius 3 is 2.37 bits per heavy atom. The number of hydrogen-bond donors (Lipinski definition) is 1. The first-order valence-corrected chi connectivity index (χ1v) is 10.6. The number of ether oxygens (including phenoxy) is 1. The molecule has 2 aromatic rings. The van der Waals surface area contributed by atoms with E-state index < -0.39 is 39.2 Å². The van der Waals surface area contributed by atoms with Crippen LogP contribution in [0.3, 0.4) is 0 Å². The molecule has 6 nitrogen and oxygen atoms in total. The van der Waals surface area contributed by atoms with E-state index in [1.807, 2.05) is 0 Å². The normalized spacial score (nSPS) is 12.1. The molecule has 0 aliphatic heterocycles. The van der Waals surface area contributed by atoms with Crippen molar-refractivity contribution < 1.29 is 31.1 Å². The second-order valence-corrected chi connectivity index (χ2v) is 8.89. The molecule has 12 heteroatoms. The summed E-state index contributed by atoms with van der Waals surface area (Å²) in [5.74, 6) is -0.532. The number of likely N-dealkylation sites (N-methyl/N-ethyl adjacent to an activating group) is 1. The number of nitrogens with zero attached hydrogens (tertiary/aromatic N) is 1. The predicted octanol–water partition coefficient (Wildman–Crippen LogP) is 4.67. The Bertz CT molecular complexity index is 1050. The molecule has 0 unspecified atom stereocenters. The zero-order valence-corrected chi connectivity index (χ0v) is 18.1. The summed E-state index contributed by atoms with van der Waals surface area (Å²) < 4.78 is 70.1. The molecule has 0 aromatic heterocycles. The quantitative estimate of drug-likeness (QED) is 0.619. The van der Waals surface area contributed by atoms with Crippen LogP contribution in [-0.2, 0) is 21.0 Å². The molecule has 2 rings (SSSR count). The van der Waals surface area contributed by atoms with E-state index in [2.05, 4.69) is 5.32 Å². The van der Waals surface area contributed by atoms with Crippen molar-refractivity contribution >= 4 is 44.8 Å². The number of benzene rings is 2. The van der Waals surface area contributed by atoms with Crippen LogP contribution in [0, 0.1) is 0 Å². The Balaban J connectivity index is 2.14. The number of sulfonamides is 1. The fourth-order valence-corrected chi connectivity index (χ4v) is 4.08. The fraction of sp³-hybridized carbons (Fsp3) is 0.278. The minimum Gasteiger partial charge on any atom is -0.492 e. The van der Waals surface area contributed by atoms with Crippen molar-refractivity contribution in [2.45, 2.75) is 18.0 Å². The molecule has 0 bridgehead atoms. The second-order valence-electron chi connectivity index (χ2n) is 6.03. The Morgan fingerprint density at radius 2 is 1.80 bits per heavy atom. The predicted molar refractivity (Wildman–Crippen MR) is 108 cm³/mol. The van der Waals surface area contributed by atoms with Gasteiger partial charge in [0.15, 0.2) is 0 Å². The minimum atomic E-state index is -4.70. The standard InChI is InChI=1S/C18H17Cl2F3N2O4S/c1-3-29-16-7-5-12(9-15(16)20)30(27,28)25(2)10-17(26)24-11-4-6-14(19)13(8-11)18(21,22)23/h4-9H,3,10H2,1-2H3,(H,24,26). The molecule has 0 fully saturated rings. The summed E-state index contributed by atoms with van der Waals surface area (Å²) in [7, 11) is -2.93. The van der Waals surface area contributed by atoms with E-state index in [-0.39, 0.29) is 15.6 Å². The Morgan fingerprint density at radius 1 is 1.13 bits per heavy atom. The van der Waals surface area contributed by atoms with Crippen LogP contribution in [0.2, 0.25) is 10.0 Å². The lowest BCUT2D eigenvalue weighted by molar-refractivity contribution is -0.137.